The van der Waals surface area contributed by atoms with Crippen molar-refractivity contribution in [2.24, 2.45) is 5.73 Å². The number of hydrogen-bond donors (Lipinski definition) is 2. The van der Waals surface area contributed by atoms with Crippen LogP contribution in [0.15, 0.2) is 24.3 Å². The van der Waals surface area contributed by atoms with Gasteiger partial charge in [0.25, 0.3) is 0 Å². The lowest BCUT2D eigenvalue weighted by Gasteiger charge is -2.12. The van der Waals surface area contributed by atoms with Gasteiger partial charge < -0.3 is 15.8 Å². The number of benzene rings is 1. The van der Waals surface area contributed by atoms with Crippen molar-refractivity contribution >= 4 is 5.91 Å². The van der Waals surface area contributed by atoms with Gasteiger partial charge in [-0.25, -0.2) is 0 Å². The van der Waals surface area contributed by atoms with Crippen molar-refractivity contribution < 1.29 is 9.53 Å². The molecule has 2 unspecified atom stereocenters. The van der Waals surface area contributed by atoms with Crippen molar-refractivity contribution in [3.05, 3.63) is 35.4 Å². The summed E-state index contributed by atoms with van der Waals surface area (Å²) in [5.41, 5.74) is 7.83. The third kappa shape index (κ3) is 3.31. The first kappa shape index (κ1) is 13.1. The van der Waals surface area contributed by atoms with Gasteiger partial charge in [0.2, 0.25) is 5.91 Å². The molecule has 4 nitrogen and oxygen atoms in total. The van der Waals surface area contributed by atoms with E-state index in [4.69, 9.17) is 10.5 Å². The molecule has 18 heavy (non-hydrogen) atoms. The van der Waals surface area contributed by atoms with Gasteiger partial charge in [0.1, 0.15) is 6.10 Å². The number of hydrogen-bond acceptors (Lipinski definition) is 3. The van der Waals surface area contributed by atoms with E-state index in [2.05, 4.69) is 11.4 Å². The molecular formula is C14H20N2O2. The highest BCUT2D eigenvalue weighted by molar-refractivity contribution is 5.81. The van der Waals surface area contributed by atoms with Crippen LogP contribution in [0, 0.1) is 6.92 Å². The summed E-state index contributed by atoms with van der Waals surface area (Å²) < 4.78 is 5.55. The Morgan fingerprint density at radius 3 is 3.00 bits per heavy atom. The molecule has 3 N–H and O–H groups in total. The minimum atomic E-state index is -0.330. The molecule has 0 radical (unpaired) electrons. The van der Waals surface area contributed by atoms with E-state index in [0.717, 1.165) is 18.4 Å². The maximum atomic E-state index is 11.9. The van der Waals surface area contributed by atoms with Crippen LogP contribution in [0.4, 0.5) is 0 Å². The third-order valence-electron chi connectivity index (χ3n) is 3.21. The van der Waals surface area contributed by atoms with Crippen LogP contribution >= 0.6 is 0 Å². The van der Waals surface area contributed by atoms with Crippen molar-refractivity contribution in [2.75, 3.05) is 6.54 Å². The highest BCUT2D eigenvalue weighted by Crippen LogP contribution is 2.18. The zero-order chi connectivity index (χ0) is 13.0. The number of rotatable bonds is 4. The number of nitrogens with two attached hydrogens (primary N) is 1. The summed E-state index contributed by atoms with van der Waals surface area (Å²) in [6.07, 6.45) is 1.35. The molecule has 1 aromatic rings. The summed E-state index contributed by atoms with van der Waals surface area (Å²) in [6, 6.07) is 8.11. The zero-order valence-corrected chi connectivity index (χ0v) is 10.7. The second-order valence-corrected chi connectivity index (χ2v) is 4.77. The van der Waals surface area contributed by atoms with Crippen LogP contribution in [-0.4, -0.2) is 24.7 Å². The third-order valence-corrected chi connectivity index (χ3v) is 3.21. The van der Waals surface area contributed by atoms with Crippen LogP contribution in [0.1, 0.15) is 24.0 Å². The zero-order valence-electron chi connectivity index (χ0n) is 10.7. The highest BCUT2D eigenvalue weighted by Gasteiger charge is 2.29. The Kier molecular flexibility index (Phi) is 4.33. The first-order chi connectivity index (χ1) is 8.69. The highest BCUT2D eigenvalue weighted by atomic mass is 16.5. The van der Waals surface area contributed by atoms with Gasteiger partial charge in [-0.1, -0.05) is 29.8 Å². The summed E-state index contributed by atoms with van der Waals surface area (Å²) in [5, 5.41) is 2.91. The van der Waals surface area contributed by atoms with E-state index in [1.165, 1.54) is 5.56 Å². The second-order valence-electron chi connectivity index (χ2n) is 4.77. The lowest BCUT2D eigenvalue weighted by molar-refractivity contribution is -0.132. The minimum Gasteiger partial charge on any atom is -0.364 e. The number of aryl methyl sites for hydroxylation is 1. The number of nitrogens with one attached hydrogen (secondary N) is 1. The topological polar surface area (TPSA) is 64.4 Å². The van der Waals surface area contributed by atoms with Gasteiger partial charge in [0.15, 0.2) is 0 Å². The van der Waals surface area contributed by atoms with Crippen LogP contribution in [-0.2, 0) is 16.1 Å². The lowest BCUT2D eigenvalue weighted by atomic mass is 10.1. The van der Waals surface area contributed by atoms with Gasteiger partial charge in [-0.3, -0.25) is 4.79 Å². The van der Waals surface area contributed by atoms with Crippen LogP contribution in [0.2, 0.25) is 0 Å². The number of ether oxygens (including phenoxy) is 1. The molecule has 1 saturated heterocycles. The quantitative estimate of drug-likeness (QED) is 0.839. The molecule has 2 rings (SSSR count). The molecule has 2 atom stereocenters. The maximum Gasteiger partial charge on any atom is 0.249 e. The Hall–Kier alpha value is -1.39. The summed E-state index contributed by atoms with van der Waals surface area (Å²) in [5.74, 6) is -0.0348. The average molecular weight is 248 g/mol. The minimum absolute atomic E-state index is 0.0348. The van der Waals surface area contributed by atoms with E-state index in [0.29, 0.717) is 13.1 Å². The van der Waals surface area contributed by atoms with Gasteiger partial charge in [-0.05, 0) is 25.3 Å². The normalized spacial score (nSPS) is 23.0. The van der Waals surface area contributed by atoms with Crippen molar-refractivity contribution in [1.29, 1.82) is 0 Å². The predicted octanol–water partition coefficient (Wildman–Crippen LogP) is 1.12. The fourth-order valence-corrected chi connectivity index (χ4v) is 2.20. The number of amides is 1. The van der Waals surface area contributed by atoms with Gasteiger partial charge >= 0.3 is 0 Å². The van der Waals surface area contributed by atoms with Crippen LogP contribution < -0.4 is 11.1 Å². The Labute approximate surface area is 108 Å². The Morgan fingerprint density at radius 2 is 2.33 bits per heavy atom. The van der Waals surface area contributed by atoms with Crippen LogP contribution in [0.3, 0.4) is 0 Å². The lowest BCUT2D eigenvalue weighted by Crippen LogP contribution is -2.35. The van der Waals surface area contributed by atoms with E-state index in [9.17, 15) is 4.79 Å². The molecular weight excluding hydrogens is 228 g/mol. The molecule has 0 bridgehead atoms. The molecule has 1 aliphatic heterocycles. The van der Waals surface area contributed by atoms with E-state index >= 15 is 0 Å². The molecule has 4 heteroatoms. The molecule has 0 aliphatic carbocycles. The average Bonchev–Trinajstić information content (AvgIpc) is 2.85. The van der Waals surface area contributed by atoms with Crippen LogP contribution in [0.5, 0.6) is 0 Å². The predicted molar refractivity (Wildman–Crippen MR) is 70.0 cm³/mol. The molecule has 0 saturated carbocycles. The van der Waals surface area contributed by atoms with Gasteiger partial charge in [0, 0.05) is 13.1 Å². The van der Waals surface area contributed by atoms with E-state index in [1.54, 1.807) is 0 Å². The van der Waals surface area contributed by atoms with Crippen molar-refractivity contribution in [2.45, 2.75) is 38.5 Å². The molecule has 1 amide bonds. The van der Waals surface area contributed by atoms with Crippen LogP contribution in [0.25, 0.3) is 0 Å². The summed E-state index contributed by atoms with van der Waals surface area (Å²) >= 11 is 0. The standard InChI is InChI=1S/C14H20N2O2/c1-10-3-2-4-11(7-10)9-16-14(17)13-6-5-12(8-15)18-13/h2-4,7,12-13H,5-6,8-9,15H2,1H3,(H,16,17). The Balaban J connectivity index is 1.82. The van der Waals surface area contributed by atoms with Crippen molar-refractivity contribution in [3.63, 3.8) is 0 Å². The summed E-state index contributed by atoms with van der Waals surface area (Å²) in [7, 11) is 0. The molecule has 0 spiro atoms. The fourth-order valence-electron chi connectivity index (χ4n) is 2.20. The van der Waals surface area contributed by atoms with Gasteiger partial charge in [-0.15, -0.1) is 0 Å². The van der Waals surface area contributed by atoms with E-state index in [-0.39, 0.29) is 18.1 Å². The molecule has 1 heterocycles. The van der Waals surface area contributed by atoms with Crippen molar-refractivity contribution in [1.82, 2.24) is 5.32 Å². The number of carbonyl (C=O) groups is 1. The first-order valence-electron chi connectivity index (χ1n) is 6.38. The van der Waals surface area contributed by atoms with Gasteiger partial charge in [-0.2, -0.15) is 0 Å². The Bertz CT molecular complexity index is 420. The fraction of sp³-hybridized carbons (Fsp3) is 0.500. The second kappa shape index (κ2) is 5.98. The van der Waals surface area contributed by atoms with Gasteiger partial charge in [0.05, 0.1) is 6.10 Å². The molecule has 1 fully saturated rings. The monoisotopic (exact) mass is 248 g/mol. The molecule has 0 aromatic heterocycles. The first-order valence-corrected chi connectivity index (χ1v) is 6.38. The largest absolute Gasteiger partial charge is 0.364 e. The molecule has 1 aliphatic rings. The molecule has 1 aromatic carbocycles. The van der Waals surface area contributed by atoms with E-state index in [1.807, 2.05) is 25.1 Å². The Morgan fingerprint density at radius 1 is 1.50 bits per heavy atom. The number of carbonyl (C=O) groups excluding carboxylic acids is 1. The SMILES string of the molecule is Cc1cccc(CNC(=O)C2CCC(CN)O2)c1. The smallest absolute Gasteiger partial charge is 0.249 e. The van der Waals surface area contributed by atoms with Crippen molar-refractivity contribution in [3.8, 4) is 0 Å². The van der Waals surface area contributed by atoms with E-state index < -0.39 is 0 Å². The molecule has 98 valence electrons. The maximum absolute atomic E-state index is 11.9. The summed E-state index contributed by atoms with van der Waals surface area (Å²) in [6.45, 7) is 3.08. The summed E-state index contributed by atoms with van der Waals surface area (Å²) in [4.78, 5) is 11.9.